The second-order valence-electron chi connectivity index (χ2n) is 6.91. The van der Waals surface area contributed by atoms with Gasteiger partial charge in [-0.25, -0.2) is 9.37 Å². The summed E-state index contributed by atoms with van der Waals surface area (Å²) in [5.74, 6) is -0.604. The summed E-state index contributed by atoms with van der Waals surface area (Å²) in [4.78, 5) is 33.3. The van der Waals surface area contributed by atoms with Crippen molar-refractivity contribution in [2.75, 3.05) is 7.05 Å². The van der Waals surface area contributed by atoms with Crippen LogP contribution in [0.5, 0.6) is 0 Å². The van der Waals surface area contributed by atoms with Crippen molar-refractivity contribution >= 4 is 27.5 Å². The molecule has 2 aromatic heterocycles. The lowest BCUT2D eigenvalue weighted by atomic mass is 9.97. The van der Waals surface area contributed by atoms with Crippen LogP contribution in [0, 0.1) is 5.82 Å². The fourth-order valence-electron chi connectivity index (χ4n) is 3.53. The normalized spacial score (nSPS) is 13.6. The van der Waals surface area contributed by atoms with Gasteiger partial charge in [0.05, 0.1) is 11.7 Å². The number of benzene rings is 1. The van der Waals surface area contributed by atoms with Crippen LogP contribution in [0.1, 0.15) is 28.8 Å². The number of carbonyl (C=O) groups excluding carboxylic acids is 1. The minimum atomic E-state index is -0.345. The molecule has 0 N–H and O–H groups in total. The van der Waals surface area contributed by atoms with Gasteiger partial charge < -0.3 is 4.90 Å². The molecule has 4 rings (SSSR count). The molecule has 3 aromatic rings. The molecule has 5 nitrogen and oxygen atoms in total. The van der Waals surface area contributed by atoms with Crippen molar-refractivity contribution in [1.29, 1.82) is 0 Å². The predicted octanol–water partition coefficient (Wildman–Crippen LogP) is 3.13. The van der Waals surface area contributed by atoms with Crippen molar-refractivity contribution < 1.29 is 9.18 Å². The molecule has 1 aliphatic carbocycles. The highest BCUT2D eigenvalue weighted by molar-refractivity contribution is 7.18. The highest BCUT2D eigenvalue weighted by Crippen LogP contribution is 2.33. The lowest BCUT2D eigenvalue weighted by molar-refractivity contribution is -0.131. The van der Waals surface area contributed by atoms with Crippen molar-refractivity contribution in [3.05, 3.63) is 62.8 Å². The first-order chi connectivity index (χ1) is 13.0. The number of fused-ring (bicyclic) bond motifs is 3. The van der Waals surface area contributed by atoms with E-state index >= 15 is 0 Å². The summed E-state index contributed by atoms with van der Waals surface area (Å²) in [5.41, 5.74) is 1.40. The molecule has 0 bridgehead atoms. The van der Waals surface area contributed by atoms with E-state index in [0.717, 1.165) is 36.1 Å². The van der Waals surface area contributed by atoms with Crippen molar-refractivity contribution in [1.82, 2.24) is 14.5 Å². The third-order valence-corrected chi connectivity index (χ3v) is 6.24. The summed E-state index contributed by atoms with van der Waals surface area (Å²) >= 11 is 1.59. The molecule has 0 unspecified atom stereocenters. The van der Waals surface area contributed by atoms with Crippen LogP contribution in [-0.4, -0.2) is 27.4 Å². The van der Waals surface area contributed by atoms with Gasteiger partial charge in [-0.2, -0.15) is 0 Å². The Morgan fingerprint density at radius 1 is 1.30 bits per heavy atom. The van der Waals surface area contributed by atoms with Gasteiger partial charge in [0.1, 0.15) is 17.2 Å². The molecular formula is C20H20FN3O2S. The second-order valence-corrected chi connectivity index (χ2v) is 7.99. The lowest BCUT2D eigenvalue weighted by Gasteiger charge is -2.18. The second kappa shape index (κ2) is 7.23. The minimum Gasteiger partial charge on any atom is -0.340 e. The van der Waals surface area contributed by atoms with Crippen molar-refractivity contribution in [2.24, 2.45) is 0 Å². The molecule has 1 aromatic carbocycles. The van der Waals surface area contributed by atoms with Gasteiger partial charge in [-0.05, 0) is 37.3 Å². The maximum absolute atomic E-state index is 13.8. The van der Waals surface area contributed by atoms with Gasteiger partial charge in [0.25, 0.3) is 5.56 Å². The van der Waals surface area contributed by atoms with E-state index in [1.807, 2.05) is 0 Å². The van der Waals surface area contributed by atoms with Crippen LogP contribution < -0.4 is 5.56 Å². The molecule has 1 aliphatic rings. The van der Waals surface area contributed by atoms with Crippen molar-refractivity contribution in [3.8, 4) is 0 Å². The Hall–Kier alpha value is -2.54. The Bertz CT molecular complexity index is 1070. The van der Waals surface area contributed by atoms with Crippen LogP contribution in [-0.2, 0) is 30.7 Å². The number of carbonyl (C=O) groups is 1. The summed E-state index contributed by atoms with van der Waals surface area (Å²) in [6.45, 7) is 0.0567. The summed E-state index contributed by atoms with van der Waals surface area (Å²) < 4.78 is 15.2. The molecule has 7 heteroatoms. The number of aryl methyl sites for hydroxylation is 2. The SMILES string of the molecule is CN(Cc1ccccc1F)C(=O)Cn1cnc2sc3c(c2c1=O)CCCC3. The van der Waals surface area contributed by atoms with Gasteiger partial charge in [0.2, 0.25) is 5.91 Å². The van der Waals surface area contributed by atoms with Crippen LogP contribution in [0.25, 0.3) is 10.2 Å². The molecular weight excluding hydrogens is 365 g/mol. The summed E-state index contributed by atoms with van der Waals surface area (Å²) in [7, 11) is 1.61. The first-order valence-electron chi connectivity index (χ1n) is 9.01. The lowest BCUT2D eigenvalue weighted by Crippen LogP contribution is -2.34. The summed E-state index contributed by atoms with van der Waals surface area (Å²) in [6, 6.07) is 6.37. The number of hydrogen-bond donors (Lipinski definition) is 0. The van der Waals surface area contributed by atoms with E-state index in [2.05, 4.69) is 4.98 Å². The Labute approximate surface area is 160 Å². The van der Waals surface area contributed by atoms with E-state index < -0.39 is 0 Å². The zero-order valence-corrected chi connectivity index (χ0v) is 15.9. The predicted molar refractivity (Wildman–Crippen MR) is 103 cm³/mol. The fraction of sp³-hybridized carbons (Fsp3) is 0.350. The zero-order chi connectivity index (χ0) is 19.0. The van der Waals surface area contributed by atoms with Gasteiger partial charge in [-0.15, -0.1) is 11.3 Å². The number of nitrogens with zero attached hydrogens (tertiary/aromatic N) is 3. The quantitative estimate of drug-likeness (QED) is 0.693. The Kier molecular flexibility index (Phi) is 4.78. The van der Waals surface area contributed by atoms with E-state index in [1.165, 1.54) is 26.7 Å². The third kappa shape index (κ3) is 3.39. The third-order valence-electron chi connectivity index (χ3n) is 5.04. The summed E-state index contributed by atoms with van der Waals surface area (Å²) in [5, 5.41) is 0.668. The van der Waals surface area contributed by atoms with Crippen molar-refractivity contribution in [2.45, 2.75) is 38.8 Å². The van der Waals surface area contributed by atoms with Crippen molar-refractivity contribution in [3.63, 3.8) is 0 Å². The topological polar surface area (TPSA) is 55.2 Å². The van der Waals surface area contributed by atoms with Gasteiger partial charge in [-0.3, -0.25) is 14.2 Å². The molecule has 27 heavy (non-hydrogen) atoms. The van der Waals surface area contributed by atoms with E-state index in [0.29, 0.717) is 10.9 Å². The van der Waals surface area contributed by atoms with E-state index in [1.54, 1.807) is 36.6 Å². The molecule has 0 saturated carbocycles. The monoisotopic (exact) mass is 385 g/mol. The number of halogens is 1. The van der Waals surface area contributed by atoms with Gasteiger partial charge in [-0.1, -0.05) is 18.2 Å². The molecule has 0 saturated heterocycles. The van der Waals surface area contributed by atoms with Crippen LogP contribution in [0.3, 0.4) is 0 Å². The average molecular weight is 385 g/mol. The van der Waals surface area contributed by atoms with E-state index in [-0.39, 0.29) is 30.4 Å². The first-order valence-corrected chi connectivity index (χ1v) is 9.83. The number of thiophene rings is 1. The molecule has 0 radical (unpaired) electrons. The van der Waals surface area contributed by atoms with Gasteiger partial charge in [0.15, 0.2) is 0 Å². The number of likely N-dealkylation sites (N-methyl/N-ethyl adjacent to an activating group) is 1. The zero-order valence-electron chi connectivity index (χ0n) is 15.1. The maximum Gasteiger partial charge on any atom is 0.262 e. The average Bonchev–Trinajstić information content (AvgIpc) is 3.05. The number of aromatic nitrogens is 2. The van der Waals surface area contributed by atoms with Crippen LogP contribution in [0.2, 0.25) is 0 Å². The molecule has 2 heterocycles. The Morgan fingerprint density at radius 2 is 2.07 bits per heavy atom. The van der Waals surface area contributed by atoms with E-state index in [9.17, 15) is 14.0 Å². The van der Waals surface area contributed by atoms with Crippen LogP contribution >= 0.6 is 11.3 Å². The molecule has 140 valence electrons. The molecule has 1 amide bonds. The van der Waals surface area contributed by atoms with Crippen LogP contribution in [0.15, 0.2) is 35.4 Å². The first kappa shape index (κ1) is 17.9. The standard InChI is InChI=1S/C20H20FN3O2S/c1-23(10-13-6-2-4-8-15(13)21)17(25)11-24-12-22-19-18(20(24)26)14-7-3-5-9-16(14)27-19/h2,4,6,8,12H,3,5,7,9-11H2,1H3. The smallest absolute Gasteiger partial charge is 0.262 e. The highest BCUT2D eigenvalue weighted by Gasteiger charge is 2.21. The molecule has 0 spiro atoms. The molecule has 0 atom stereocenters. The highest BCUT2D eigenvalue weighted by atomic mass is 32.1. The summed E-state index contributed by atoms with van der Waals surface area (Å²) in [6.07, 6.45) is 5.57. The van der Waals surface area contributed by atoms with Gasteiger partial charge in [0, 0.05) is 24.0 Å². The fourth-order valence-corrected chi connectivity index (χ4v) is 4.75. The number of hydrogen-bond acceptors (Lipinski definition) is 4. The number of amides is 1. The number of rotatable bonds is 4. The van der Waals surface area contributed by atoms with E-state index in [4.69, 9.17) is 0 Å². The van der Waals surface area contributed by atoms with Crippen LogP contribution in [0.4, 0.5) is 4.39 Å². The maximum atomic E-state index is 13.8. The molecule has 0 aliphatic heterocycles. The minimum absolute atomic E-state index is 0.0999. The largest absolute Gasteiger partial charge is 0.340 e. The molecule has 0 fully saturated rings. The Balaban J connectivity index is 1.58. The van der Waals surface area contributed by atoms with Gasteiger partial charge >= 0.3 is 0 Å². The Morgan fingerprint density at radius 3 is 2.89 bits per heavy atom.